The fraction of sp³-hybridized carbons (Fsp3) is 0.360. The summed E-state index contributed by atoms with van der Waals surface area (Å²) in [4.78, 5) is 21.6. The summed E-state index contributed by atoms with van der Waals surface area (Å²) >= 11 is 0. The monoisotopic (exact) mass is 419 g/mol. The molecule has 3 aromatic rings. The van der Waals surface area contributed by atoms with E-state index in [9.17, 15) is 4.79 Å². The fourth-order valence-corrected chi connectivity index (χ4v) is 3.92. The van der Waals surface area contributed by atoms with Crippen LogP contribution >= 0.6 is 0 Å². The van der Waals surface area contributed by atoms with E-state index in [1.54, 1.807) is 7.11 Å². The highest BCUT2D eigenvalue weighted by Crippen LogP contribution is 2.23. The van der Waals surface area contributed by atoms with Crippen molar-refractivity contribution in [2.75, 3.05) is 44.8 Å². The van der Waals surface area contributed by atoms with E-state index in [1.165, 1.54) is 10.9 Å². The van der Waals surface area contributed by atoms with Gasteiger partial charge in [0.05, 0.1) is 19.2 Å². The van der Waals surface area contributed by atoms with Gasteiger partial charge in [0.15, 0.2) is 0 Å². The third-order valence-electron chi connectivity index (χ3n) is 5.73. The maximum absolute atomic E-state index is 12.6. The summed E-state index contributed by atoms with van der Waals surface area (Å²) in [7, 11) is 1.64. The molecule has 6 heteroatoms. The predicted molar refractivity (Wildman–Crippen MR) is 123 cm³/mol. The van der Waals surface area contributed by atoms with Gasteiger partial charge < -0.3 is 19.3 Å². The number of carbonyl (C=O) groups excluding carboxylic acids is 1. The van der Waals surface area contributed by atoms with Crippen molar-refractivity contribution >= 4 is 22.6 Å². The van der Waals surface area contributed by atoms with E-state index in [0.717, 1.165) is 49.0 Å². The second-order valence-electron chi connectivity index (χ2n) is 7.81. The first-order chi connectivity index (χ1) is 15.1. The Balaban J connectivity index is 1.23. The Morgan fingerprint density at radius 2 is 1.71 bits per heavy atom. The molecule has 0 aliphatic carbocycles. The predicted octanol–water partition coefficient (Wildman–Crippen LogP) is 4.06. The molecule has 0 atom stereocenters. The Morgan fingerprint density at radius 3 is 2.45 bits per heavy atom. The molecular formula is C25H29N3O3. The number of piperazine rings is 1. The van der Waals surface area contributed by atoms with E-state index in [1.807, 2.05) is 41.3 Å². The van der Waals surface area contributed by atoms with Crippen LogP contribution in [0, 0.1) is 6.92 Å². The van der Waals surface area contributed by atoms with Gasteiger partial charge in [0.2, 0.25) is 5.91 Å². The average Bonchev–Trinajstić information content (AvgIpc) is 2.82. The molecule has 1 saturated heterocycles. The first kappa shape index (κ1) is 21.0. The number of methoxy groups -OCH3 is 1. The highest BCUT2D eigenvalue weighted by molar-refractivity contribution is 5.84. The molecule has 1 fully saturated rings. The zero-order valence-electron chi connectivity index (χ0n) is 18.2. The Morgan fingerprint density at radius 1 is 1.00 bits per heavy atom. The van der Waals surface area contributed by atoms with Crippen molar-refractivity contribution in [3.63, 3.8) is 0 Å². The number of amides is 1. The Kier molecular flexibility index (Phi) is 6.55. The molecule has 0 bridgehead atoms. The maximum atomic E-state index is 12.6. The standard InChI is InChI=1S/C25H29N3O3/c1-19-18-24(26-23-7-4-3-6-22(19)23)27-13-15-28(16-14-27)25(29)8-5-17-31-21-11-9-20(30-2)10-12-21/h3-4,6-7,9-12,18H,5,8,13-17H2,1-2H3. The van der Waals surface area contributed by atoms with Crippen LogP contribution in [0.25, 0.3) is 10.9 Å². The lowest BCUT2D eigenvalue weighted by Gasteiger charge is -2.35. The van der Waals surface area contributed by atoms with Gasteiger partial charge >= 0.3 is 0 Å². The molecule has 1 amide bonds. The molecule has 6 nitrogen and oxygen atoms in total. The zero-order valence-corrected chi connectivity index (χ0v) is 18.2. The van der Waals surface area contributed by atoms with Gasteiger partial charge in [-0.1, -0.05) is 18.2 Å². The number of anilines is 1. The van der Waals surface area contributed by atoms with Crippen molar-refractivity contribution in [2.24, 2.45) is 0 Å². The van der Waals surface area contributed by atoms with Gasteiger partial charge in [-0.2, -0.15) is 0 Å². The summed E-state index contributed by atoms with van der Waals surface area (Å²) < 4.78 is 10.9. The molecule has 0 saturated carbocycles. The van der Waals surface area contributed by atoms with Crippen LogP contribution in [-0.4, -0.2) is 55.7 Å². The largest absolute Gasteiger partial charge is 0.497 e. The van der Waals surface area contributed by atoms with E-state index < -0.39 is 0 Å². The number of pyridine rings is 1. The van der Waals surface area contributed by atoms with Crippen molar-refractivity contribution in [2.45, 2.75) is 19.8 Å². The van der Waals surface area contributed by atoms with Crippen LogP contribution in [0.5, 0.6) is 11.5 Å². The lowest BCUT2D eigenvalue weighted by molar-refractivity contribution is -0.131. The lowest BCUT2D eigenvalue weighted by atomic mass is 10.1. The molecular weight excluding hydrogens is 390 g/mol. The summed E-state index contributed by atoms with van der Waals surface area (Å²) in [5.74, 6) is 2.78. The average molecular weight is 420 g/mol. The number of benzene rings is 2. The number of hydrogen-bond acceptors (Lipinski definition) is 5. The number of nitrogens with zero attached hydrogens (tertiary/aromatic N) is 3. The van der Waals surface area contributed by atoms with Crippen LogP contribution in [0.2, 0.25) is 0 Å². The lowest BCUT2D eigenvalue weighted by Crippen LogP contribution is -2.49. The first-order valence-corrected chi connectivity index (χ1v) is 10.8. The minimum absolute atomic E-state index is 0.195. The van der Waals surface area contributed by atoms with Gasteiger partial charge in [-0.3, -0.25) is 4.79 Å². The number of aryl methyl sites for hydroxylation is 1. The minimum atomic E-state index is 0.195. The van der Waals surface area contributed by atoms with Crippen LogP contribution < -0.4 is 14.4 Å². The van der Waals surface area contributed by atoms with E-state index >= 15 is 0 Å². The van der Waals surface area contributed by atoms with Crippen LogP contribution in [0.15, 0.2) is 54.6 Å². The van der Waals surface area contributed by atoms with Gasteiger partial charge in [-0.25, -0.2) is 4.98 Å². The van der Waals surface area contributed by atoms with E-state index in [0.29, 0.717) is 19.4 Å². The maximum Gasteiger partial charge on any atom is 0.222 e. The Hall–Kier alpha value is -3.28. The van der Waals surface area contributed by atoms with Crippen molar-refractivity contribution < 1.29 is 14.3 Å². The van der Waals surface area contributed by atoms with Crippen molar-refractivity contribution in [3.8, 4) is 11.5 Å². The smallest absolute Gasteiger partial charge is 0.222 e. The zero-order chi connectivity index (χ0) is 21.6. The number of hydrogen-bond donors (Lipinski definition) is 0. The first-order valence-electron chi connectivity index (χ1n) is 10.8. The molecule has 2 heterocycles. The molecule has 1 aromatic heterocycles. The molecule has 162 valence electrons. The van der Waals surface area contributed by atoms with Crippen molar-refractivity contribution in [1.29, 1.82) is 0 Å². The van der Waals surface area contributed by atoms with E-state index in [2.05, 4.69) is 30.0 Å². The van der Waals surface area contributed by atoms with Gasteiger partial charge in [0.1, 0.15) is 17.3 Å². The quantitative estimate of drug-likeness (QED) is 0.541. The molecule has 2 aromatic carbocycles. The van der Waals surface area contributed by atoms with Gasteiger partial charge in [0.25, 0.3) is 0 Å². The second kappa shape index (κ2) is 9.69. The van der Waals surface area contributed by atoms with Crippen molar-refractivity contribution in [1.82, 2.24) is 9.88 Å². The third kappa shape index (κ3) is 5.08. The number of fused-ring (bicyclic) bond motifs is 1. The van der Waals surface area contributed by atoms with Gasteiger partial charge in [0, 0.05) is 38.0 Å². The molecule has 0 spiro atoms. The van der Waals surface area contributed by atoms with Crippen LogP contribution in [0.3, 0.4) is 0 Å². The highest BCUT2D eigenvalue weighted by Gasteiger charge is 2.22. The third-order valence-corrected chi connectivity index (χ3v) is 5.73. The number of para-hydroxylation sites is 1. The summed E-state index contributed by atoms with van der Waals surface area (Å²) in [6.45, 7) is 5.72. The highest BCUT2D eigenvalue weighted by atomic mass is 16.5. The van der Waals surface area contributed by atoms with Crippen molar-refractivity contribution in [3.05, 3.63) is 60.2 Å². The topological polar surface area (TPSA) is 54.9 Å². The summed E-state index contributed by atoms with van der Waals surface area (Å²) in [6, 6.07) is 17.9. The number of carbonyl (C=O) groups is 1. The second-order valence-corrected chi connectivity index (χ2v) is 7.81. The van der Waals surface area contributed by atoms with E-state index in [4.69, 9.17) is 14.5 Å². The number of ether oxygens (including phenoxy) is 2. The molecule has 0 radical (unpaired) electrons. The molecule has 1 aliphatic rings. The summed E-state index contributed by atoms with van der Waals surface area (Å²) in [5, 5.41) is 1.19. The van der Waals surface area contributed by atoms with Crippen LogP contribution in [0.4, 0.5) is 5.82 Å². The number of aromatic nitrogens is 1. The van der Waals surface area contributed by atoms with Crippen LogP contribution in [-0.2, 0) is 4.79 Å². The Bertz CT molecular complexity index is 1030. The molecule has 0 unspecified atom stereocenters. The van der Waals surface area contributed by atoms with Gasteiger partial charge in [-0.05, 0) is 55.3 Å². The summed E-state index contributed by atoms with van der Waals surface area (Å²) in [6.07, 6.45) is 1.21. The number of rotatable bonds is 7. The Labute approximate surface area is 183 Å². The molecule has 31 heavy (non-hydrogen) atoms. The molecule has 4 rings (SSSR count). The normalized spacial score (nSPS) is 14.0. The summed E-state index contributed by atoms with van der Waals surface area (Å²) in [5.41, 5.74) is 2.25. The van der Waals surface area contributed by atoms with Gasteiger partial charge in [-0.15, -0.1) is 0 Å². The fourth-order valence-electron chi connectivity index (χ4n) is 3.92. The SMILES string of the molecule is COc1ccc(OCCCC(=O)N2CCN(c3cc(C)c4ccccc4n3)CC2)cc1. The van der Waals surface area contributed by atoms with Crippen LogP contribution in [0.1, 0.15) is 18.4 Å². The van der Waals surface area contributed by atoms with E-state index in [-0.39, 0.29) is 5.91 Å². The molecule has 1 aliphatic heterocycles. The minimum Gasteiger partial charge on any atom is -0.497 e. The molecule has 0 N–H and O–H groups in total.